The normalized spacial score (nSPS) is 24.3. The van der Waals surface area contributed by atoms with Gasteiger partial charge in [-0.05, 0) is 24.8 Å². The average molecular weight is 305 g/mol. The van der Waals surface area contributed by atoms with Gasteiger partial charge in [0.05, 0.1) is 4.90 Å². The Bertz CT molecular complexity index is 612. The minimum atomic E-state index is -3.64. The first-order chi connectivity index (χ1) is 8.90. The van der Waals surface area contributed by atoms with Gasteiger partial charge in [-0.3, -0.25) is 4.79 Å². The molecule has 1 aliphatic carbocycles. The Balaban J connectivity index is 2.22. The van der Waals surface area contributed by atoms with E-state index in [1.54, 1.807) is 0 Å². The lowest BCUT2D eigenvalue weighted by Gasteiger charge is -2.29. The third-order valence-corrected chi connectivity index (χ3v) is 5.31. The van der Waals surface area contributed by atoms with E-state index in [2.05, 4.69) is 9.71 Å². The molecule has 2 rings (SSSR count). The number of pyridine rings is 1. The molecular weight excluding hydrogens is 288 g/mol. The fourth-order valence-electron chi connectivity index (χ4n) is 2.35. The van der Waals surface area contributed by atoms with E-state index in [0.717, 1.165) is 25.7 Å². The third-order valence-electron chi connectivity index (χ3n) is 3.56. The summed E-state index contributed by atoms with van der Waals surface area (Å²) in [6.07, 6.45) is 5.22. The van der Waals surface area contributed by atoms with Gasteiger partial charge in [-0.2, -0.15) is 0 Å². The molecule has 1 heterocycles. The zero-order valence-corrected chi connectivity index (χ0v) is 12.2. The SMILES string of the molecule is CC1CCCCC1NS(=O)(=O)c1c[nH]c(=O)c(Cl)c1. The van der Waals surface area contributed by atoms with Crippen LogP contribution < -0.4 is 10.3 Å². The summed E-state index contributed by atoms with van der Waals surface area (Å²) in [4.78, 5) is 13.4. The van der Waals surface area contributed by atoms with Crippen LogP contribution in [0.4, 0.5) is 0 Å². The van der Waals surface area contributed by atoms with Crippen LogP contribution >= 0.6 is 11.6 Å². The van der Waals surface area contributed by atoms with Crippen LogP contribution in [0.2, 0.25) is 5.02 Å². The van der Waals surface area contributed by atoms with E-state index >= 15 is 0 Å². The van der Waals surface area contributed by atoms with Crippen molar-refractivity contribution in [1.29, 1.82) is 0 Å². The zero-order valence-electron chi connectivity index (χ0n) is 10.6. The van der Waals surface area contributed by atoms with Crippen LogP contribution in [0.3, 0.4) is 0 Å². The van der Waals surface area contributed by atoms with Crippen LogP contribution in [0.1, 0.15) is 32.6 Å². The summed E-state index contributed by atoms with van der Waals surface area (Å²) >= 11 is 5.66. The fraction of sp³-hybridized carbons (Fsp3) is 0.583. The van der Waals surface area contributed by atoms with Gasteiger partial charge < -0.3 is 4.98 Å². The maximum absolute atomic E-state index is 12.2. The molecule has 0 spiro atoms. The first kappa shape index (κ1) is 14.6. The van der Waals surface area contributed by atoms with Crippen molar-refractivity contribution in [3.05, 3.63) is 27.6 Å². The van der Waals surface area contributed by atoms with Crippen molar-refractivity contribution in [3.63, 3.8) is 0 Å². The molecule has 2 atom stereocenters. The van der Waals surface area contributed by atoms with Gasteiger partial charge in [0, 0.05) is 12.2 Å². The molecule has 0 radical (unpaired) electrons. The fourth-order valence-corrected chi connectivity index (χ4v) is 3.96. The van der Waals surface area contributed by atoms with Crippen molar-refractivity contribution in [2.24, 2.45) is 5.92 Å². The summed E-state index contributed by atoms with van der Waals surface area (Å²) in [6, 6.07) is 1.13. The Kier molecular flexibility index (Phi) is 4.32. The van der Waals surface area contributed by atoms with Gasteiger partial charge >= 0.3 is 0 Å². The van der Waals surface area contributed by atoms with Crippen LogP contribution in [0.5, 0.6) is 0 Å². The molecule has 1 fully saturated rings. The number of aromatic nitrogens is 1. The number of sulfonamides is 1. The monoisotopic (exact) mass is 304 g/mol. The standard InChI is InChI=1S/C12H17ClN2O3S/c1-8-4-2-3-5-11(8)15-19(17,18)9-6-10(13)12(16)14-7-9/h6-8,11,15H,2-5H2,1H3,(H,14,16). The van der Waals surface area contributed by atoms with Crippen LogP contribution in [0, 0.1) is 5.92 Å². The molecule has 7 heteroatoms. The molecule has 106 valence electrons. The molecule has 0 bridgehead atoms. The third kappa shape index (κ3) is 3.38. The first-order valence-electron chi connectivity index (χ1n) is 6.31. The number of H-pyrrole nitrogens is 1. The second kappa shape index (κ2) is 5.64. The van der Waals surface area contributed by atoms with E-state index in [0.29, 0.717) is 5.92 Å². The maximum atomic E-state index is 12.2. The quantitative estimate of drug-likeness (QED) is 0.895. The van der Waals surface area contributed by atoms with Crippen molar-refractivity contribution in [1.82, 2.24) is 9.71 Å². The van der Waals surface area contributed by atoms with Gasteiger partial charge in [0.25, 0.3) is 5.56 Å². The van der Waals surface area contributed by atoms with Gasteiger partial charge in [0.1, 0.15) is 5.02 Å². The summed E-state index contributed by atoms with van der Waals surface area (Å²) in [7, 11) is -3.64. The van der Waals surface area contributed by atoms with E-state index in [4.69, 9.17) is 11.6 Å². The van der Waals surface area contributed by atoms with Crippen LogP contribution in [-0.2, 0) is 10.0 Å². The molecule has 1 aliphatic rings. The Morgan fingerprint density at radius 1 is 1.37 bits per heavy atom. The van der Waals surface area contributed by atoms with Gasteiger partial charge in [-0.15, -0.1) is 0 Å². The van der Waals surface area contributed by atoms with Crippen LogP contribution in [-0.4, -0.2) is 19.4 Å². The lowest BCUT2D eigenvalue weighted by molar-refractivity contribution is 0.310. The van der Waals surface area contributed by atoms with Gasteiger partial charge in [0.15, 0.2) is 0 Å². The van der Waals surface area contributed by atoms with Gasteiger partial charge in [0.2, 0.25) is 10.0 Å². The lowest BCUT2D eigenvalue weighted by Crippen LogP contribution is -2.41. The van der Waals surface area contributed by atoms with Crippen LogP contribution in [0.25, 0.3) is 0 Å². The molecule has 2 N–H and O–H groups in total. The second-order valence-electron chi connectivity index (χ2n) is 5.00. The number of halogens is 1. The summed E-state index contributed by atoms with van der Waals surface area (Å²) in [5.41, 5.74) is -0.494. The smallest absolute Gasteiger partial charge is 0.266 e. The number of hydrogen-bond donors (Lipinski definition) is 2. The number of aromatic amines is 1. The summed E-state index contributed by atoms with van der Waals surface area (Å²) in [5.74, 6) is 0.321. The number of nitrogens with one attached hydrogen (secondary N) is 2. The molecule has 1 aromatic rings. The average Bonchev–Trinajstić information content (AvgIpc) is 2.35. The molecule has 0 aliphatic heterocycles. The largest absolute Gasteiger partial charge is 0.326 e. The Morgan fingerprint density at radius 3 is 2.68 bits per heavy atom. The molecule has 0 saturated heterocycles. The number of rotatable bonds is 3. The minimum absolute atomic E-state index is 0.00475. The van der Waals surface area contributed by atoms with Crippen molar-refractivity contribution >= 4 is 21.6 Å². The zero-order chi connectivity index (χ0) is 14.0. The van der Waals surface area contributed by atoms with E-state index in [-0.39, 0.29) is 16.0 Å². The Labute approximate surface area is 117 Å². The van der Waals surface area contributed by atoms with Crippen molar-refractivity contribution < 1.29 is 8.42 Å². The minimum Gasteiger partial charge on any atom is -0.326 e. The Morgan fingerprint density at radius 2 is 2.05 bits per heavy atom. The van der Waals surface area contributed by atoms with Crippen molar-refractivity contribution in [2.45, 2.75) is 43.5 Å². The summed E-state index contributed by atoms with van der Waals surface area (Å²) in [6.45, 7) is 2.05. The predicted molar refractivity (Wildman–Crippen MR) is 73.8 cm³/mol. The highest BCUT2D eigenvalue weighted by Crippen LogP contribution is 2.25. The number of hydrogen-bond acceptors (Lipinski definition) is 3. The van der Waals surface area contributed by atoms with Crippen molar-refractivity contribution in [2.75, 3.05) is 0 Å². The molecule has 5 nitrogen and oxygen atoms in total. The topological polar surface area (TPSA) is 79.0 Å². The second-order valence-corrected chi connectivity index (χ2v) is 7.12. The first-order valence-corrected chi connectivity index (χ1v) is 8.17. The molecule has 0 aromatic carbocycles. The highest BCUT2D eigenvalue weighted by Gasteiger charge is 2.27. The highest BCUT2D eigenvalue weighted by molar-refractivity contribution is 7.89. The van der Waals surface area contributed by atoms with E-state index in [1.807, 2.05) is 6.92 Å². The maximum Gasteiger partial charge on any atom is 0.266 e. The molecule has 19 heavy (non-hydrogen) atoms. The molecular formula is C12H17ClN2O3S. The Hall–Kier alpha value is -0.850. The van der Waals surface area contributed by atoms with Crippen molar-refractivity contribution in [3.8, 4) is 0 Å². The molecule has 1 saturated carbocycles. The molecule has 0 amide bonds. The molecule has 1 aromatic heterocycles. The lowest BCUT2D eigenvalue weighted by atomic mass is 9.87. The highest BCUT2D eigenvalue weighted by atomic mass is 35.5. The van der Waals surface area contributed by atoms with Gasteiger partial charge in [-0.25, -0.2) is 13.1 Å². The van der Waals surface area contributed by atoms with E-state index < -0.39 is 15.6 Å². The van der Waals surface area contributed by atoms with Gasteiger partial charge in [-0.1, -0.05) is 31.4 Å². The summed E-state index contributed by atoms with van der Waals surface area (Å²) in [5, 5.41) is -0.125. The van der Waals surface area contributed by atoms with Crippen LogP contribution in [0.15, 0.2) is 22.0 Å². The molecule has 2 unspecified atom stereocenters. The predicted octanol–water partition coefficient (Wildman–Crippen LogP) is 1.89. The summed E-state index contributed by atoms with van der Waals surface area (Å²) < 4.78 is 27.1. The van der Waals surface area contributed by atoms with E-state index in [1.165, 1.54) is 12.3 Å². The van der Waals surface area contributed by atoms with E-state index in [9.17, 15) is 13.2 Å².